The lowest BCUT2D eigenvalue weighted by molar-refractivity contribution is -0.141. The number of hydrogen-bond acceptors (Lipinski definition) is 13. The predicted molar refractivity (Wildman–Crippen MR) is 205 cm³/mol. The average Bonchev–Trinajstić information content (AvgIpc) is 3.66. The van der Waals surface area contributed by atoms with Gasteiger partial charge in [0.05, 0.1) is 25.7 Å². The fourth-order valence-corrected chi connectivity index (χ4v) is 5.83. The summed E-state index contributed by atoms with van der Waals surface area (Å²) in [6, 6.07) is -6.78. The van der Waals surface area contributed by atoms with Gasteiger partial charge in [-0.2, -0.15) is 12.6 Å². The molecule has 13 N–H and O–H groups in total. The van der Waals surface area contributed by atoms with Crippen molar-refractivity contribution in [3.8, 4) is 0 Å². The molecule has 0 bridgehead atoms. The molecule has 0 aromatic heterocycles. The number of carbonyl (C=O) groups excluding carboxylic acids is 8. The van der Waals surface area contributed by atoms with Crippen molar-refractivity contribution in [1.82, 2.24) is 42.1 Å². The Labute approximate surface area is 331 Å². The van der Waals surface area contributed by atoms with Crippen LogP contribution in [0.5, 0.6) is 0 Å². The van der Waals surface area contributed by atoms with E-state index < -0.39 is 128 Å². The number of carboxylic acid groups (broad SMARTS) is 1. The molecule has 21 nitrogen and oxygen atoms in total. The fraction of sp³-hybridized carbons (Fsp3) is 0.735. The average molecular weight is 817 g/mol. The molecule has 318 valence electrons. The Morgan fingerprint density at radius 1 is 0.786 bits per heavy atom. The number of aliphatic carboxylic acids is 1. The smallest absolute Gasteiger partial charge is 0.322 e. The van der Waals surface area contributed by atoms with Gasteiger partial charge in [0.25, 0.3) is 0 Å². The molecule has 7 unspecified atom stereocenters. The van der Waals surface area contributed by atoms with Crippen molar-refractivity contribution in [3.05, 3.63) is 0 Å². The summed E-state index contributed by atoms with van der Waals surface area (Å²) in [6.45, 7) is 4.66. The first-order valence-electron chi connectivity index (χ1n) is 18.6. The van der Waals surface area contributed by atoms with Gasteiger partial charge in [-0.05, 0) is 44.1 Å². The van der Waals surface area contributed by atoms with Crippen LogP contribution in [0.3, 0.4) is 0 Å². The minimum absolute atomic E-state index is 0.0528. The molecule has 1 aliphatic heterocycles. The van der Waals surface area contributed by atoms with Gasteiger partial charge in [-0.1, -0.05) is 40.5 Å². The summed E-state index contributed by atoms with van der Waals surface area (Å²) in [7, 11) is 0. The summed E-state index contributed by atoms with van der Waals surface area (Å²) in [5, 5.41) is 35.5. The van der Waals surface area contributed by atoms with Gasteiger partial charge in [0, 0.05) is 12.3 Å². The zero-order valence-corrected chi connectivity index (χ0v) is 33.3. The van der Waals surface area contributed by atoms with Gasteiger partial charge in [0.2, 0.25) is 47.3 Å². The van der Waals surface area contributed by atoms with E-state index in [1.54, 1.807) is 27.7 Å². The number of carboxylic acids is 1. The van der Waals surface area contributed by atoms with E-state index in [1.807, 2.05) is 0 Å². The lowest BCUT2D eigenvalue weighted by atomic mass is 9.96. The van der Waals surface area contributed by atoms with E-state index >= 15 is 0 Å². The minimum atomic E-state index is -1.54. The third-order valence-electron chi connectivity index (χ3n) is 9.10. The van der Waals surface area contributed by atoms with Crippen molar-refractivity contribution in [2.75, 3.05) is 45.1 Å². The molecule has 0 aromatic rings. The molecule has 0 spiro atoms. The van der Waals surface area contributed by atoms with Gasteiger partial charge in [0.15, 0.2) is 0 Å². The number of nitrogens with one attached hydrogen (secondary N) is 7. The first kappa shape index (κ1) is 49.5. The Hall–Kier alpha value is -4.54. The predicted octanol–water partition coefficient (Wildman–Crippen LogP) is -4.57. The van der Waals surface area contributed by atoms with Crippen LogP contribution >= 0.6 is 12.6 Å². The van der Waals surface area contributed by atoms with Crippen LogP contribution < -0.4 is 48.7 Å². The number of rotatable bonds is 25. The Bertz CT molecular complexity index is 1390. The van der Waals surface area contributed by atoms with E-state index in [9.17, 15) is 48.3 Å². The Morgan fingerprint density at radius 2 is 1.43 bits per heavy atom. The third-order valence-corrected chi connectivity index (χ3v) is 9.46. The van der Waals surface area contributed by atoms with Gasteiger partial charge in [-0.15, -0.1) is 0 Å². The van der Waals surface area contributed by atoms with Gasteiger partial charge < -0.3 is 63.8 Å². The van der Waals surface area contributed by atoms with Crippen molar-refractivity contribution in [1.29, 1.82) is 0 Å². The van der Waals surface area contributed by atoms with Crippen molar-refractivity contribution in [2.45, 2.75) is 102 Å². The first-order valence-corrected chi connectivity index (χ1v) is 19.3. The highest BCUT2D eigenvalue weighted by Gasteiger charge is 2.38. The summed E-state index contributed by atoms with van der Waals surface area (Å²) >= 11 is 4.20. The Balaban J connectivity index is 2.85. The quantitative estimate of drug-likeness (QED) is 0.0306. The van der Waals surface area contributed by atoms with Crippen LogP contribution in [-0.4, -0.2) is 150 Å². The van der Waals surface area contributed by atoms with E-state index in [2.05, 4.69) is 49.8 Å². The number of amides is 8. The molecule has 1 rings (SSSR count). The summed E-state index contributed by atoms with van der Waals surface area (Å²) < 4.78 is 0. The molecule has 1 fully saturated rings. The second-order valence-corrected chi connectivity index (χ2v) is 14.2. The zero-order valence-electron chi connectivity index (χ0n) is 32.4. The second-order valence-electron chi connectivity index (χ2n) is 13.8. The number of nitrogens with two attached hydrogens (primary N) is 2. The van der Waals surface area contributed by atoms with E-state index in [4.69, 9.17) is 16.6 Å². The molecule has 0 aromatic carbocycles. The van der Waals surface area contributed by atoms with Crippen LogP contribution in [0.2, 0.25) is 0 Å². The van der Waals surface area contributed by atoms with Gasteiger partial charge in [-0.25, -0.2) is 0 Å². The number of carbonyl (C=O) groups is 9. The molecule has 7 atom stereocenters. The number of likely N-dealkylation sites (tertiary alicyclic amines) is 1. The molecule has 8 amide bonds. The first-order chi connectivity index (χ1) is 26.4. The van der Waals surface area contributed by atoms with Crippen molar-refractivity contribution >= 4 is 65.9 Å². The molecule has 0 radical (unpaired) electrons. The number of aliphatic hydroxyl groups is 1. The molecule has 1 heterocycles. The van der Waals surface area contributed by atoms with Crippen LogP contribution in [0.4, 0.5) is 0 Å². The molecule has 0 aliphatic carbocycles. The maximum absolute atomic E-state index is 13.4. The number of thiol groups is 1. The molecular formula is C34H60N10O11S. The largest absolute Gasteiger partial charge is 0.480 e. The van der Waals surface area contributed by atoms with Crippen LogP contribution in [0.1, 0.15) is 66.2 Å². The van der Waals surface area contributed by atoms with E-state index in [0.29, 0.717) is 38.6 Å². The number of unbranched alkanes of at least 4 members (excludes halogenated alkanes) is 1. The van der Waals surface area contributed by atoms with Crippen LogP contribution in [-0.2, 0) is 43.2 Å². The van der Waals surface area contributed by atoms with Gasteiger partial charge >= 0.3 is 5.97 Å². The molecule has 56 heavy (non-hydrogen) atoms. The number of hydrogen-bond donors (Lipinski definition) is 12. The summed E-state index contributed by atoms with van der Waals surface area (Å²) in [5.41, 5.74) is 11.4. The summed E-state index contributed by atoms with van der Waals surface area (Å²) in [6.07, 6.45) is 2.87. The molecular weight excluding hydrogens is 756 g/mol. The Kier molecular flexibility index (Phi) is 22.6. The minimum Gasteiger partial charge on any atom is -0.480 e. The Morgan fingerprint density at radius 3 is 2.00 bits per heavy atom. The highest BCUT2D eigenvalue weighted by atomic mass is 32.1. The van der Waals surface area contributed by atoms with Crippen molar-refractivity contribution < 1.29 is 53.4 Å². The monoisotopic (exact) mass is 816 g/mol. The van der Waals surface area contributed by atoms with Crippen molar-refractivity contribution in [3.63, 3.8) is 0 Å². The fourth-order valence-electron chi connectivity index (χ4n) is 5.58. The van der Waals surface area contributed by atoms with Crippen molar-refractivity contribution in [2.24, 2.45) is 23.3 Å². The van der Waals surface area contributed by atoms with E-state index in [0.717, 1.165) is 0 Å². The van der Waals surface area contributed by atoms with Crippen LogP contribution in [0, 0.1) is 11.8 Å². The van der Waals surface area contributed by atoms with E-state index in [-0.39, 0.29) is 18.7 Å². The highest BCUT2D eigenvalue weighted by molar-refractivity contribution is 7.80. The van der Waals surface area contributed by atoms with Gasteiger partial charge in [0.1, 0.15) is 36.8 Å². The third kappa shape index (κ3) is 16.7. The SMILES string of the molecule is CCC(C)C(NC(=O)C(CO)NC(=O)CNC(=O)C1CCCN1C(=O)C(CS)NC(=O)C(N)CCCCN)C(=O)NC(C(=O)NCC(=O)NCC(=O)O)C(C)C. The topological polar surface area (TPSA) is 334 Å². The van der Waals surface area contributed by atoms with E-state index in [1.165, 1.54) is 4.90 Å². The lowest BCUT2D eigenvalue weighted by Crippen LogP contribution is -2.60. The standard InChI is InChI=1S/C34H60N10O11S/c1-5-19(4)28(33(54)42-27(18(2)3)32(53)39-13-24(46)37-15-26(48)49)43-30(51)21(16-45)40-25(47)14-38-31(52)23-10-8-12-44(23)34(55)22(17-56)41-29(50)20(36)9-6-7-11-35/h18-23,27-28,45,56H,5-17,35-36H2,1-4H3,(H,37,46)(H,38,52)(H,39,53)(H,40,47)(H,41,50)(H,42,54)(H,43,51)(H,48,49). The molecule has 1 saturated heterocycles. The molecule has 22 heteroatoms. The van der Waals surface area contributed by atoms with Crippen LogP contribution in [0.15, 0.2) is 0 Å². The summed E-state index contributed by atoms with van der Waals surface area (Å²) in [4.78, 5) is 115. The highest BCUT2D eigenvalue weighted by Crippen LogP contribution is 2.19. The normalized spacial score (nSPS) is 16.9. The molecule has 0 saturated carbocycles. The maximum Gasteiger partial charge on any atom is 0.322 e. The molecule has 1 aliphatic rings. The lowest BCUT2D eigenvalue weighted by Gasteiger charge is -2.29. The maximum atomic E-state index is 13.4. The number of aliphatic hydroxyl groups excluding tert-OH is 1. The zero-order chi connectivity index (χ0) is 42.5. The van der Waals surface area contributed by atoms with Crippen LogP contribution in [0.25, 0.3) is 0 Å². The summed E-state index contributed by atoms with van der Waals surface area (Å²) in [5.74, 6) is -8.06. The second kappa shape index (κ2) is 25.6. The van der Waals surface area contributed by atoms with Gasteiger partial charge in [-0.3, -0.25) is 43.2 Å². The number of nitrogens with zero attached hydrogens (tertiary/aromatic N) is 1.